The summed E-state index contributed by atoms with van der Waals surface area (Å²) >= 11 is 0. The molecule has 0 radical (unpaired) electrons. The Bertz CT molecular complexity index is 660. The summed E-state index contributed by atoms with van der Waals surface area (Å²) in [7, 11) is 0. The maximum absolute atomic E-state index is 11.9. The normalized spacial score (nSPS) is 20.0. The summed E-state index contributed by atoms with van der Waals surface area (Å²) in [5.74, 6) is 0.482. The predicted molar refractivity (Wildman–Crippen MR) is 84.5 cm³/mol. The highest BCUT2D eigenvalue weighted by Crippen LogP contribution is 2.34. The number of aliphatic hydroxyl groups is 1. The number of fused-ring (bicyclic) bond motifs is 1. The number of carbonyl (C=O) groups excluding carboxylic acids is 1. The van der Waals surface area contributed by atoms with Crippen LogP contribution in [0.5, 0.6) is 0 Å². The van der Waals surface area contributed by atoms with Gasteiger partial charge in [-0.15, -0.1) is 0 Å². The Morgan fingerprint density at radius 3 is 2.86 bits per heavy atom. The lowest BCUT2D eigenvalue weighted by Crippen LogP contribution is -2.44. The molecule has 1 aliphatic carbocycles. The third-order valence-electron chi connectivity index (χ3n) is 4.00. The highest BCUT2D eigenvalue weighted by molar-refractivity contribution is 5.88. The van der Waals surface area contributed by atoms with Gasteiger partial charge in [0.15, 0.2) is 0 Å². The summed E-state index contributed by atoms with van der Waals surface area (Å²) < 4.78 is 0. The minimum Gasteiger partial charge on any atom is -0.383 e. The zero-order valence-electron chi connectivity index (χ0n) is 12.2. The Morgan fingerprint density at radius 1 is 1.23 bits per heavy atom. The molecule has 0 bridgehead atoms. The summed E-state index contributed by atoms with van der Waals surface area (Å²) in [5.41, 5.74) is 1.07. The van der Waals surface area contributed by atoms with Gasteiger partial charge in [-0.05, 0) is 42.5 Å². The quantitative estimate of drug-likeness (QED) is 0.814. The van der Waals surface area contributed by atoms with E-state index in [4.69, 9.17) is 0 Å². The highest BCUT2D eigenvalue weighted by atomic mass is 16.3. The summed E-state index contributed by atoms with van der Waals surface area (Å²) in [4.78, 5) is 16.0. The molecule has 1 aromatic heterocycles. The molecule has 1 aromatic carbocycles. The molecule has 3 N–H and O–H groups in total. The van der Waals surface area contributed by atoms with Gasteiger partial charge in [-0.2, -0.15) is 0 Å². The van der Waals surface area contributed by atoms with Gasteiger partial charge in [0.1, 0.15) is 11.4 Å². The number of pyridine rings is 1. The van der Waals surface area contributed by atoms with E-state index >= 15 is 0 Å². The van der Waals surface area contributed by atoms with E-state index in [1.165, 1.54) is 0 Å². The lowest BCUT2D eigenvalue weighted by molar-refractivity contribution is 0.0221. The van der Waals surface area contributed by atoms with Gasteiger partial charge in [0.2, 0.25) is 0 Å². The first-order chi connectivity index (χ1) is 10.7. The molecule has 2 amide bonds. The molecule has 1 atom stereocenters. The number of rotatable bonds is 3. The number of aromatic nitrogens is 1. The number of benzene rings is 1. The van der Waals surface area contributed by atoms with E-state index in [2.05, 4.69) is 15.6 Å². The van der Waals surface area contributed by atoms with Crippen LogP contribution in [0.2, 0.25) is 0 Å². The van der Waals surface area contributed by atoms with E-state index in [0.717, 1.165) is 24.0 Å². The van der Waals surface area contributed by atoms with Gasteiger partial charge in [0.25, 0.3) is 0 Å². The third-order valence-corrected chi connectivity index (χ3v) is 4.00. The molecule has 0 spiro atoms. The monoisotopic (exact) mass is 297 g/mol. The number of amides is 2. The van der Waals surface area contributed by atoms with Crippen molar-refractivity contribution < 1.29 is 9.90 Å². The van der Waals surface area contributed by atoms with Gasteiger partial charge in [-0.25, -0.2) is 9.78 Å². The van der Waals surface area contributed by atoms with Crippen molar-refractivity contribution in [1.29, 1.82) is 0 Å². The Kier molecular flexibility index (Phi) is 4.06. The molecule has 5 heteroatoms. The molecule has 2 aromatic rings. The van der Waals surface area contributed by atoms with Gasteiger partial charge in [0, 0.05) is 6.20 Å². The van der Waals surface area contributed by atoms with Crippen molar-refractivity contribution in [2.75, 3.05) is 11.9 Å². The average molecular weight is 297 g/mol. The fourth-order valence-corrected chi connectivity index (χ4v) is 2.91. The van der Waals surface area contributed by atoms with Gasteiger partial charge >= 0.3 is 6.03 Å². The zero-order valence-corrected chi connectivity index (χ0v) is 12.2. The van der Waals surface area contributed by atoms with Crippen molar-refractivity contribution in [2.24, 2.45) is 0 Å². The lowest BCUT2D eigenvalue weighted by atomic mass is 9.79. The number of urea groups is 1. The van der Waals surface area contributed by atoms with Gasteiger partial charge in [-0.3, -0.25) is 5.32 Å². The van der Waals surface area contributed by atoms with Crippen molar-refractivity contribution in [3.63, 3.8) is 0 Å². The first-order valence-electron chi connectivity index (χ1n) is 7.44. The molecule has 5 nitrogen and oxygen atoms in total. The number of anilines is 1. The standard InChI is InChI=1S/C17H19N3O2/c21-16(20-15-9-3-4-11-18-15)19-12-17(22)10-5-7-13-6-1-2-8-14(13)17/h1-4,6,8-9,11,22H,5,7,10,12H2,(H2,18,19,20,21). The second-order valence-corrected chi connectivity index (χ2v) is 5.56. The molecule has 22 heavy (non-hydrogen) atoms. The number of nitrogens with zero attached hydrogens (tertiary/aromatic N) is 1. The van der Waals surface area contributed by atoms with E-state index < -0.39 is 5.60 Å². The molecule has 1 aliphatic rings. The fourth-order valence-electron chi connectivity index (χ4n) is 2.91. The maximum atomic E-state index is 11.9. The summed E-state index contributed by atoms with van der Waals surface area (Å²) in [6.07, 6.45) is 4.14. The summed E-state index contributed by atoms with van der Waals surface area (Å²) in [6.45, 7) is 0.183. The van der Waals surface area contributed by atoms with Crippen LogP contribution in [0.25, 0.3) is 0 Å². The highest BCUT2D eigenvalue weighted by Gasteiger charge is 2.34. The number of carbonyl (C=O) groups is 1. The molecule has 1 unspecified atom stereocenters. The van der Waals surface area contributed by atoms with Crippen molar-refractivity contribution >= 4 is 11.8 Å². The summed E-state index contributed by atoms with van der Waals surface area (Å²) in [5, 5.41) is 16.3. The SMILES string of the molecule is O=C(NCC1(O)CCCc2ccccc21)Nc1ccccn1. The van der Waals surface area contributed by atoms with Gasteiger partial charge < -0.3 is 10.4 Å². The van der Waals surface area contributed by atoms with Crippen LogP contribution in [0, 0.1) is 0 Å². The molecule has 114 valence electrons. The molecular formula is C17H19N3O2. The van der Waals surface area contributed by atoms with Gasteiger partial charge in [-0.1, -0.05) is 30.3 Å². The fraction of sp³-hybridized carbons (Fsp3) is 0.294. The topological polar surface area (TPSA) is 74.2 Å². The van der Waals surface area contributed by atoms with Crippen molar-refractivity contribution in [3.8, 4) is 0 Å². The predicted octanol–water partition coefficient (Wildman–Crippen LogP) is 2.43. The van der Waals surface area contributed by atoms with E-state index in [0.29, 0.717) is 12.2 Å². The Balaban J connectivity index is 1.65. The molecular weight excluding hydrogens is 278 g/mol. The Morgan fingerprint density at radius 2 is 2.05 bits per heavy atom. The Labute approximate surface area is 129 Å². The van der Waals surface area contributed by atoms with E-state index in [1.54, 1.807) is 24.4 Å². The van der Waals surface area contributed by atoms with Crippen molar-refractivity contribution in [1.82, 2.24) is 10.3 Å². The molecule has 1 heterocycles. The molecule has 0 fully saturated rings. The molecule has 0 saturated heterocycles. The number of hydrogen-bond donors (Lipinski definition) is 3. The van der Waals surface area contributed by atoms with Crippen LogP contribution in [0.4, 0.5) is 10.6 Å². The van der Waals surface area contributed by atoms with Crippen LogP contribution in [0.1, 0.15) is 24.0 Å². The van der Waals surface area contributed by atoms with Crippen LogP contribution in [0.3, 0.4) is 0 Å². The van der Waals surface area contributed by atoms with Crippen molar-refractivity contribution in [2.45, 2.75) is 24.9 Å². The maximum Gasteiger partial charge on any atom is 0.320 e. The van der Waals surface area contributed by atoms with E-state index in [-0.39, 0.29) is 12.6 Å². The van der Waals surface area contributed by atoms with E-state index in [9.17, 15) is 9.90 Å². The molecule has 3 rings (SSSR count). The molecule has 0 aliphatic heterocycles. The van der Waals surface area contributed by atoms with Crippen LogP contribution in [-0.2, 0) is 12.0 Å². The molecule has 0 saturated carbocycles. The number of hydrogen-bond acceptors (Lipinski definition) is 3. The third kappa shape index (κ3) is 3.09. The number of nitrogens with one attached hydrogen (secondary N) is 2. The Hall–Kier alpha value is -2.40. The summed E-state index contributed by atoms with van der Waals surface area (Å²) in [6, 6.07) is 12.8. The van der Waals surface area contributed by atoms with E-state index in [1.807, 2.05) is 24.3 Å². The number of aryl methyl sites for hydroxylation is 1. The lowest BCUT2D eigenvalue weighted by Gasteiger charge is -2.34. The largest absolute Gasteiger partial charge is 0.383 e. The smallest absolute Gasteiger partial charge is 0.320 e. The second-order valence-electron chi connectivity index (χ2n) is 5.56. The zero-order chi connectivity index (χ0) is 15.4. The minimum absolute atomic E-state index is 0.183. The first kappa shape index (κ1) is 14.5. The first-order valence-corrected chi connectivity index (χ1v) is 7.44. The van der Waals surface area contributed by atoms with Crippen LogP contribution in [0.15, 0.2) is 48.7 Å². The van der Waals surface area contributed by atoms with Crippen LogP contribution < -0.4 is 10.6 Å². The second kappa shape index (κ2) is 6.15. The van der Waals surface area contributed by atoms with Gasteiger partial charge in [0.05, 0.1) is 6.54 Å². The van der Waals surface area contributed by atoms with Crippen molar-refractivity contribution in [3.05, 3.63) is 59.8 Å². The van der Waals surface area contributed by atoms with Crippen LogP contribution >= 0.6 is 0 Å². The minimum atomic E-state index is -1.00. The average Bonchev–Trinajstić information content (AvgIpc) is 2.55. The van der Waals surface area contributed by atoms with Crippen LogP contribution in [-0.4, -0.2) is 22.7 Å².